The van der Waals surface area contributed by atoms with Gasteiger partial charge < -0.3 is 9.47 Å². The molecule has 0 aliphatic carbocycles. The lowest BCUT2D eigenvalue weighted by Gasteiger charge is -2.07. The van der Waals surface area contributed by atoms with E-state index in [0.29, 0.717) is 0 Å². The largest absolute Gasteiger partial charge is 0.462 e. The molecule has 0 saturated carbocycles. The number of rotatable bonds is 7. The summed E-state index contributed by atoms with van der Waals surface area (Å²) in [6.07, 6.45) is 0.742. The molecule has 0 N–H and O–H groups in total. The summed E-state index contributed by atoms with van der Waals surface area (Å²) in [7, 11) is 0. The molecule has 24 heavy (non-hydrogen) atoms. The predicted molar refractivity (Wildman–Crippen MR) is 81.0 cm³/mol. The minimum absolute atomic E-state index is 0.0610. The maximum Gasteiger partial charge on any atom is 0.345 e. The summed E-state index contributed by atoms with van der Waals surface area (Å²) in [5.41, 5.74) is -2.43. The van der Waals surface area contributed by atoms with Crippen LogP contribution in [-0.2, 0) is 19.1 Å². The van der Waals surface area contributed by atoms with Crippen molar-refractivity contribution in [2.24, 2.45) is 0 Å². The van der Waals surface area contributed by atoms with Crippen LogP contribution in [-0.4, -0.2) is 35.0 Å². The monoisotopic (exact) mass is 338 g/mol. The highest BCUT2D eigenvalue weighted by molar-refractivity contribution is 6.18. The summed E-state index contributed by atoms with van der Waals surface area (Å²) in [4.78, 5) is 44.3. The molecule has 0 atom stereocenters. The number of hydrogen-bond acceptors (Lipinski definition) is 8. The zero-order valence-electron chi connectivity index (χ0n) is 12.9. The van der Waals surface area contributed by atoms with Gasteiger partial charge in [-0.15, -0.1) is 0 Å². The van der Waals surface area contributed by atoms with Gasteiger partial charge in [-0.3, -0.25) is 20.2 Å². The molecule has 10 nitrogen and oxygen atoms in total. The first-order valence-electron chi connectivity index (χ1n) is 6.81. The number of nitro groups is 2. The van der Waals surface area contributed by atoms with Crippen LogP contribution >= 0.6 is 0 Å². The maximum absolute atomic E-state index is 11.9. The van der Waals surface area contributed by atoms with Crippen molar-refractivity contribution in [2.45, 2.75) is 13.8 Å². The number of nitrogens with zero attached hydrogens (tertiary/aromatic N) is 2. The Kier molecular flexibility index (Phi) is 6.53. The second-order valence-electron chi connectivity index (χ2n) is 4.22. The van der Waals surface area contributed by atoms with Crippen LogP contribution in [0.2, 0.25) is 0 Å². The fourth-order valence-corrected chi connectivity index (χ4v) is 1.77. The van der Waals surface area contributed by atoms with Gasteiger partial charge >= 0.3 is 11.9 Å². The first kappa shape index (κ1) is 18.7. The van der Waals surface area contributed by atoms with Crippen molar-refractivity contribution in [3.05, 3.63) is 49.6 Å². The summed E-state index contributed by atoms with van der Waals surface area (Å²) in [6.45, 7) is 2.87. The molecule has 1 aromatic rings. The predicted octanol–water partition coefficient (Wildman–Crippen LogP) is 2.01. The van der Waals surface area contributed by atoms with Crippen LogP contribution in [0, 0.1) is 20.2 Å². The molecular formula is C14H14N2O8. The standard InChI is InChI=1S/C14H14N2O8/c1-3-23-13(17)10(14(18)24-4-2)8-9-11(15(19)20)6-5-7-12(9)16(21)22/h5-8H,3-4H2,1-2H3. The molecule has 0 radical (unpaired) electrons. The Morgan fingerprint density at radius 1 is 1.00 bits per heavy atom. The summed E-state index contributed by atoms with van der Waals surface area (Å²) >= 11 is 0. The number of carbonyl (C=O) groups is 2. The zero-order chi connectivity index (χ0) is 18.3. The molecule has 0 aliphatic rings. The van der Waals surface area contributed by atoms with Gasteiger partial charge in [0, 0.05) is 12.1 Å². The molecule has 1 rings (SSSR count). The molecule has 10 heteroatoms. The lowest BCUT2D eigenvalue weighted by atomic mass is 10.1. The summed E-state index contributed by atoms with van der Waals surface area (Å²) in [6, 6.07) is 3.17. The fraction of sp³-hybridized carbons (Fsp3) is 0.286. The molecule has 1 aromatic carbocycles. The fourth-order valence-electron chi connectivity index (χ4n) is 1.77. The van der Waals surface area contributed by atoms with Crippen LogP contribution in [0.15, 0.2) is 23.8 Å². The number of ether oxygens (including phenoxy) is 2. The first-order chi connectivity index (χ1) is 11.3. The van der Waals surface area contributed by atoms with E-state index in [0.717, 1.165) is 24.3 Å². The van der Waals surface area contributed by atoms with Gasteiger partial charge in [0.2, 0.25) is 0 Å². The van der Waals surface area contributed by atoms with E-state index in [9.17, 15) is 29.8 Å². The molecular weight excluding hydrogens is 324 g/mol. The average molecular weight is 338 g/mol. The number of esters is 2. The van der Waals surface area contributed by atoms with Crippen molar-refractivity contribution >= 4 is 29.4 Å². The summed E-state index contributed by atoms with van der Waals surface area (Å²) in [5, 5.41) is 22.2. The van der Waals surface area contributed by atoms with E-state index in [4.69, 9.17) is 9.47 Å². The number of hydrogen-bond donors (Lipinski definition) is 0. The second-order valence-corrected chi connectivity index (χ2v) is 4.22. The molecule has 0 saturated heterocycles. The number of benzene rings is 1. The Bertz CT molecular complexity index is 658. The van der Waals surface area contributed by atoms with Crippen LogP contribution in [0.5, 0.6) is 0 Å². The van der Waals surface area contributed by atoms with Gasteiger partial charge in [0.05, 0.1) is 23.1 Å². The van der Waals surface area contributed by atoms with Crippen molar-refractivity contribution < 1.29 is 28.9 Å². The van der Waals surface area contributed by atoms with Gasteiger partial charge in [0.1, 0.15) is 11.1 Å². The Hall–Kier alpha value is -3.30. The Morgan fingerprint density at radius 3 is 1.75 bits per heavy atom. The lowest BCUT2D eigenvalue weighted by Crippen LogP contribution is -2.18. The van der Waals surface area contributed by atoms with Crippen LogP contribution in [0.3, 0.4) is 0 Å². The summed E-state index contributed by atoms with van der Waals surface area (Å²) < 4.78 is 9.39. The highest BCUT2D eigenvalue weighted by Crippen LogP contribution is 2.30. The van der Waals surface area contributed by atoms with E-state index in [1.807, 2.05) is 0 Å². The lowest BCUT2D eigenvalue weighted by molar-refractivity contribution is -0.394. The van der Waals surface area contributed by atoms with E-state index in [-0.39, 0.29) is 13.2 Å². The third-order valence-corrected chi connectivity index (χ3v) is 2.73. The van der Waals surface area contributed by atoms with E-state index in [1.165, 1.54) is 13.8 Å². The normalized spacial score (nSPS) is 9.75. The Morgan fingerprint density at radius 2 is 1.42 bits per heavy atom. The van der Waals surface area contributed by atoms with Crippen molar-refractivity contribution in [2.75, 3.05) is 13.2 Å². The average Bonchev–Trinajstić information content (AvgIpc) is 2.52. The minimum atomic E-state index is -1.09. The molecule has 0 amide bonds. The zero-order valence-corrected chi connectivity index (χ0v) is 12.9. The van der Waals surface area contributed by atoms with Crippen LogP contribution < -0.4 is 0 Å². The molecule has 0 fully saturated rings. The van der Waals surface area contributed by atoms with Gasteiger partial charge in [-0.05, 0) is 26.0 Å². The smallest absolute Gasteiger partial charge is 0.345 e. The SMILES string of the molecule is CCOC(=O)C(=Cc1c([N+](=O)[O-])cccc1[N+](=O)[O-])C(=O)OCC. The van der Waals surface area contributed by atoms with E-state index in [2.05, 4.69) is 0 Å². The van der Waals surface area contributed by atoms with Crippen molar-refractivity contribution in [1.82, 2.24) is 0 Å². The highest BCUT2D eigenvalue weighted by atomic mass is 16.6. The molecule has 0 unspecified atom stereocenters. The molecule has 128 valence electrons. The van der Waals surface area contributed by atoms with Crippen molar-refractivity contribution in [1.29, 1.82) is 0 Å². The van der Waals surface area contributed by atoms with Gasteiger partial charge in [-0.25, -0.2) is 9.59 Å². The quantitative estimate of drug-likeness (QED) is 0.184. The molecule has 0 bridgehead atoms. The molecule has 0 aromatic heterocycles. The van der Waals surface area contributed by atoms with Gasteiger partial charge in [0.25, 0.3) is 11.4 Å². The van der Waals surface area contributed by atoms with E-state index >= 15 is 0 Å². The second kappa shape index (κ2) is 8.36. The van der Waals surface area contributed by atoms with E-state index < -0.39 is 44.3 Å². The minimum Gasteiger partial charge on any atom is -0.462 e. The maximum atomic E-state index is 11.9. The Balaban J connectivity index is 3.60. The van der Waals surface area contributed by atoms with Crippen LogP contribution in [0.4, 0.5) is 11.4 Å². The van der Waals surface area contributed by atoms with Gasteiger partial charge in [0.15, 0.2) is 0 Å². The van der Waals surface area contributed by atoms with Crippen molar-refractivity contribution in [3.8, 4) is 0 Å². The Labute approximate surface area is 136 Å². The first-order valence-corrected chi connectivity index (χ1v) is 6.81. The molecule has 0 spiro atoms. The van der Waals surface area contributed by atoms with Crippen LogP contribution in [0.1, 0.15) is 19.4 Å². The topological polar surface area (TPSA) is 139 Å². The highest BCUT2D eigenvalue weighted by Gasteiger charge is 2.28. The molecule has 0 aliphatic heterocycles. The third-order valence-electron chi connectivity index (χ3n) is 2.73. The summed E-state index contributed by atoms with van der Waals surface area (Å²) in [5.74, 6) is -2.19. The molecule has 0 heterocycles. The van der Waals surface area contributed by atoms with Gasteiger partial charge in [-0.2, -0.15) is 0 Å². The van der Waals surface area contributed by atoms with Gasteiger partial charge in [-0.1, -0.05) is 0 Å². The number of carbonyl (C=O) groups excluding carboxylic acids is 2. The van der Waals surface area contributed by atoms with Crippen molar-refractivity contribution in [3.63, 3.8) is 0 Å². The van der Waals surface area contributed by atoms with Crippen LogP contribution in [0.25, 0.3) is 6.08 Å². The number of nitro benzene ring substituents is 2. The van der Waals surface area contributed by atoms with E-state index in [1.54, 1.807) is 0 Å². The third kappa shape index (κ3) is 4.35.